The molecule has 112 valence electrons. The lowest BCUT2D eigenvalue weighted by atomic mass is 9.52. The van der Waals surface area contributed by atoms with E-state index in [2.05, 4.69) is 64.2 Å². The number of nitrogens with one attached hydrogen (secondary N) is 1. The first kappa shape index (κ1) is 15.6. The van der Waals surface area contributed by atoms with Gasteiger partial charge in [0.05, 0.1) is 0 Å². The topological polar surface area (TPSA) is 12.0 Å². The molecule has 1 aliphatic rings. The molecule has 1 saturated carbocycles. The van der Waals surface area contributed by atoms with Crippen molar-refractivity contribution < 1.29 is 0 Å². The molecule has 0 aliphatic heterocycles. The van der Waals surface area contributed by atoms with E-state index in [0.29, 0.717) is 10.8 Å². The van der Waals surface area contributed by atoms with Gasteiger partial charge in [-0.1, -0.05) is 57.5 Å². The van der Waals surface area contributed by atoms with Crippen LogP contribution in [0.2, 0.25) is 0 Å². The molecule has 0 unspecified atom stereocenters. The van der Waals surface area contributed by atoms with Crippen LogP contribution in [0, 0.1) is 18.3 Å². The fourth-order valence-corrected chi connectivity index (χ4v) is 3.46. The summed E-state index contributed by atoms with van der Waals surface area (Å²) in [6.07, 6.45) is 3.87. The number of rotatable bonds is 5. The average molecular weight is 273 g/mol. The molecule has 0 aromatic heterocycles. The molecule has 1 fully saturated rings. The molecule has 1 heteroatoms. The van der Waals surface area contributed by atoms with Gasteiger partial charge in [0.25, 0.3) is 0 Å². The van der Waals surface area contributed by atoms with Crippen molar-refractivity contribution in [1.82, 2.24) is 5.32 Å². The number of aryl methyl sites for hydroxylation is 1. The zero-order valence-corrected chi connectivity index (χ0v) is 13.9. The van der Waals surface area contributed by atoms with Crippen molar-refractivity contribution in [2.24, 2.45) is 11.3 Å². The van der Waals surface area contributed by atoms with E-state index in [4.69, 9.17) is 0 Å². The van der Waals surface area contributed by atoms with E-state index in [0.717, 1.165) is 19.0 Å². The molecule has 0 atom stereocenters. The van der Waals surface area contributed by atoms with E-state index < -0.39 is 0 Å². The summed E-state index contributed by atoms with van der Waals surface area (Å²) in [5.41, 5.74) is 3.75. The van der Waals surface area contributed by atoms with Gasteiger partial charge in [-0.25, -0.2) is 0 Å². The van der Waals surface area contributed by atoms with Crippen molar-refractivity contribution >= 4 is 0 Å². The zero-order valence-electron chi connectivity index (χ0n) is 13.9. The van der Waals surface area contributed by atoms with Crippen LogP contribution in [0.5, 0.6) is 0 Å². The van der Waals surface area contributed by atoms with E-state index in [1.165, 1.54) is 24.8 Å². The van der Waals surface area contributed by atoms with Gasteiger partial charge in [0.1, 0.15) is 0 Å². The van der Waals surface area contributed by atoms with Gasteiger partial charge in [0, 0.05) is 12.0 Å². The van der Waals surface area contributed by atoms with Crippen LogP contribution in [-0.4, -0.2) is 13.1 Å². The summed E-state index contributed by atoms with van der Waals surface area (Å²) in [6.45, 7) is 13.9. The fourth-order valence-electron chi connectivity index (χ4n) is 3.46. The lowest BCUT2D eigenvalue weighted by Crippen LogP contribution is -2.52. The van der Waals surface area contributed by atoms with Gasteiger partial charge in [0.15, 0.2) is 0 Å². The predicted octanol–water partition coefficient (Wildman–Crippen LogP) is 4.69. The number of benzene rings is 1. The van der Waals surface area contributed by atoms with Crippen molar-refractivity contribution in [3.8, 4) is 0 Å². The van der Waals surface area contributed by atoms with Crippen molar-refractivity contribution in [2.45, 2.75) is 59.3 Å². The molecule has 1 aromatic carbocycles. The monoisotopic (exact) mass is 273 g/mol. The maximum atomic E-state index is 3.67. The van der Waals surface area contributed by atoms with Crippen molar-refractivity contribution in [1.29, 1.82) is 0 Å². The van der Waals surface area contributed by atoms with Crippen molar-refractivity contribution in [2.75, 3.05) is 13.1 Å². The Morgan fingerprint density at radius 3 is 2.50 bits per heavy atom. The van der Waals surface area contributed by atoms with E-state index in [9.17, 15) is 0 Å². The quantitative estimate of drug-likeness (QED) is 0.768. The van der Waals surface area contributed by atoms with Crippen LogP contribution >= 0.6 is 0 Å². The molecule has 0 heterocycles. The van der Waals surface area contributed by atoms with Crippen LogP contribution < -0.4 is 5.32 Å². The van der Waals surface area contributed by atoms with Crippen molar-refractivity contribution in [3.05, 3.63) is 35.4 Å². The molecule has 2 rings (SSSR count). The van der Waals surface area contributed by atoms with E-state index in [1.807, 2.05) is 0 Å². The highest BCUT2D eigenvalue weighted by molar-refractivity contribution is 5.33. The SMILES string of the molecule is CCCNCC1(c2cccc(C)c2)CC(C(C)(C)C)C1. The summed E-state index contributed by atoms with van der Waals surface area (Å²) >= 11 is 0. The first-order valence-electron chi connectivity index (χ1n) is 8.15. The minimum Gasteiger partial charge on any atom is -0.316 e. The van der Waals surface area contributed by atoms with Gasteiger partial charge < -0.3 is 5.32 Å². The Morgan fingerprint density at radius 2 is 1.95 bits per heavy atom. The molecule has 0 amide bonds. The van der Waals surface area contributed by atoms with Crippen LogP contribution in [-0.2, 0) is 5.41 Å². The van der Waals surface area contributed by atoms with Gasteiger partial charge in [0.2, 0.25) is 0 Å². The van der Waals surface area contributed by atoms with E-state index in [1.54, 1.807) is 5.56 Å². The third kappa shape index (κ3) is 3.25. The van der Waals surface area contributed by atoms with Gasteiger partial charge in [-0.2, -0.15) is 0 Å². The lowest BCUT2D eigenvalue weighted by Gasteiger charge is -2.53. The fraction of sp³-hybridized carbons (Fsp3) is 0.684. The summed E-state index contributed by atoms with van der Waals surface area (Å²) in [5, 5.41) is 3.67. The molecule has 1 aromatic rings. The maximum absolute atomic E-state index is 3.67. The number of hydrogen-bond donors (Lipinski definition) is 1. The molecule has 1 nitrogen and oxygen atoms in total. The van der Waals surface area contributed by atoms with Gasteiger partial charge >= 0.3 is 0 Å². The maximum Gasteiger partial charge on any atom is 0.00835 e. The Labute approximate surface area is 125 Å². The summed E-state index contributed by atoms with van der Waals surface area (Å²) in [5.74, 6) is 0.853. The Morgan fingerprint density at radius 1 is 1.25 bits per heavy atom. The first-order valence-corrected chi connectivity index (χ1v) is 8.15. The molecular weight excluding hydrogens is 242 g/mol. The Balaban J connectivity index is 2.15. The highest BCUT2D eigenvalue weighted by Crippen LogP contribution is 2.54. The van der Waals surface area contributed by atoms with Crippen LogP contribution in [0.3, 0.4) is 0 Å². The standard InChI is InChI=1S/C19H31N/c1-6-10-20-14-19(12-17(13-19)18(3,4)5)16-9-7-8-15(2)11-16/h7-9,11,17,20H,6,10,12-14H2,1-5H3. The Bertz CT molecular complexity index is 435. The summed E-state index contributed by atoms with van der Waals surface area (Å²) in [6, 6.07) is 9.15. The predicted molar refractivity (Wildman–Crippen MR) is 88.2 cm³/mol. The molecule has 0 bridgehead atoms. The lowest BCUT2D eigenvalue weighted by molar-refractivity contribution is 0.0449. The van der Waals surface area contributed by atoms with Crippen LogP contribution in [0.15, 0.2) is 24.3 Å². The smallest absolute Gasteiger partial charge is 0.00835 e. The average Bonchev–Trinajstić information content (AvgIpc) is 2.30. The highest BCUT2D eigenvalue weighted by Gasteiger charge is 2.48. The molecule has 0 radical (unpaired) electrons. The van der Waals surface area contributed by atoms with E-state index >= 15 is 0 Å². The largest absolute Gasteiger partial charge is 0.316 e. The number of hydrogen-bond acceptors (Lipinski definition) is 1. The van der Waals surface area contributed by atoms with Crippen LogP contribution in [0.1, 0.15) is 58.1 Å². The third-order valence-corrected chi connectivity index (χ3v) is 5.02. The first-order chi connectivity index (χ1) is 9.37. The molecule has 0 spiro atoms. The second-order valence-corrected chi connectivity index (χ2v) is 7.80. The van der Waals surface area contributed by atoms with Gasteiger partial charge in [-0.05, 0) is 49.6 Å². The minimum atomic E-state index is 0.374. The minimum absolute atomic E-state index is 0.374. The zero-order chi connectivity index (χ0) is 14.8. The highest BCUT2D eigenvalue weighted by atomic mass is 14.9. The molecule has 1 N–H and O–H groups in total. The van der Waals surface area contributed by atoms with E-state index in [-0.39, 0.29) is 0 Å². The molecule has 0 saturated heterocycles. The van der Waals surface area contributed by atoms with Gasteiger partial charge in [-0.15, -0.1) is 0 Å². The second-order valence-electron chi connectivity index (χ2n) is 7.80. The molecule has 20 heavy (non-hydrogen) atoms. The summed E-state index contributed by atoms with van der Waals surface area (Å²) in [4.78, 5) is 0. The van der Waals surface area contributed by atoms with Crippen LogP contribution in [0.4, 0.5) is 0 Å². The van der Waals surface area contributed by atoms with Crippen molar-refractivity contribution in [3.63, 3.8) is 0 Å². The Kier molecular flexibility index (Phi) is 4.59. The second kappa shape index (κ2) is 5.89. The summed E-state index contributed by atoms with van der Waals surface area (Å²) < 4.78 is 0. The third-order valence-electron chi connectivity index (χ3n) is 5.02. The van der Waals surface area contributed by atoms with Gasteiger partial charge in [-0.3, -0.25) is 0 Å². The molecular formula is C19H31N. The van der Waals surface area contributed by atoms with Crippen LogP contribution in [0.25, 0.3) is 0 Å². The summed E-state index contributed by atoms with van der Waals surface area (Å²) in [7, 11) is 0. The molecule has 1 aliphatic carbocycles. The normalized spacial score (nSPS) is 26.4. The Hall–Kier alpha value is -0.820.